The molecule has 0 aromatic rings. The van der Waals surface area contributed by atoms with Crippen LogP contribution in [0.1, 0.15) is 13.3 Å². The van der Waals surface area contributed by atoms with Crippen LogP contribution in [-0.2, 0) is 14.6 Å². The van der Waals surface area contributed by atoms with Crippen molar-refractivity contribution in [3.63, 3.8) is 0 Å². The fourth-order valence-corrected chi connectivity index (χ4v) is 1.65. The molecule has 0 rings (SSSR count). The van der Waals surface area contributed by atoms with Crippen molar-refractivity contribution < 1.29 is 13.2 Å². The van der Waals surface area contributed by atoms with Crippen LogP contribution in [0.25, 0.3) is 0 Å². The molecule has 0 aliphatic heterocycles. The van der Waals surface area contributed by atoms with Crippen LogP contribution in [0.15, 0.2) is 0 Å². The first kappa shape index (κ1) is 11.9. The highest BCUT2D eigenvalue weighted by Gasteiger charge is 2.08. The molecule has 4 nitrogen and oxygen atoms in total. The fourth-order valence-electron chi connectivity index (χ4n) is 0.714. The van der Waals surface area contributed by atoms with Gasteiger partial charge in [-0.3, -0.25) is 0 Å². The van der Waals surface area contributed by atoms with Gasteiger partial charge in [0.15, 0.2) is 9.84 Å². The standard InChI is InChI=1S/C7H17NO3S/c1-2-4-11-5-7-12(9,10)6-3-8/h2-8H2,1H3. The second kappa shape index (κ2) is 6.39. The number of sulfone groups is 1. The molecule has 0 aromatic heterocycles. The number of hydrogen-bond donors (Lipinski definition) is 1. The van der Waals surface area contributed by atoms with Gasteiger partial charge < -0.3 is 10.5 Å². The second-order valence-corrected chi connectivity index (χ2v) is 4.86. The summed E-state index contributed by atoms with van der Waals surface area (Å²) in [6.45, 7) is 3.08. The van der Waals surface area contributed by atoms with Crippen molar-refractivity contribution in [2.24, 2.45) is 5.73 Å². The van der Waals surface area contributed by atoms with Gasteiger partial charge in [-0.2, -0.15) is 0 Å². The molecule has 0 unspecified atom stereocenters. The van der Waals surface area contributed by atoms with Crippen LogP contribution >= 0.6 is 0 Å². The SMILES string of the molecule is CCCOCCS(=O)(=O)CCN. The van der Waals surface area contributed by atoms with Crippen molar-refractivity contribution in [3.8, 4) is 0 Å². The van der Waals surface area contributed by atoms with Crippen molar-refractivity contribution in [3.05, 3.63) is 0 Å². The summed E-state index contributed by atoms with van der Waals surface area (Å²) >= 11 is 0. The molecule has 0 bridgehead atoms. The van der Waals surface area contributed by atoms with E-state index in [2.05, 4.69) is 0 Å². The molecule has 0 spiro atoms. The number of rotatable bonds is 7. The number of nitrogens with two attached hydrogens (primary N) is 1. The molecule has 0 fully saturated rings. The average Bonchev–Trinajstić information content (AvgIpc) is 1.98. The largest absolute Gasteiger partial charge is 0.380 e. The summed E-state index contributed by atoms with van der Waals surface area (Å²) in [6, 6.07) is 0. The van der Waals surface area contributed by atoms with Crippen LogP contribution in [0.2, 0.25) is 0 Å². The summed E-state index contributed by atoms with van der Waals surface area (Å²) in [5, 5.41) is 0. The molecule has 12 heavy (non-hydrogen) atoms. The van der Waals surface area contributed by atoms with E-state index in [0.717, 1.165) is 6.42 Å². The quantitative estimate of drug-likeness (QED) is 0.570. The Morgan fingerprint density at radius 3 is 2.42 bits per heavy atom. The van der Waals surface area contributed by atoms with E-state index in [4.69, 9.17) is 10.5 Å². The Morgan fingerprint density at radius 1 is 1.25 bits per heavy atom. The Morgan fingerprint density at radius 2 is 1.92 bits per heavy atom. The maximum atomic E-state index is 11.0. The maximum Gasteiger partial charge on any atom is 0.153 e. The average molecular weight is 195 g/mol. The van der Waals surface area contributed by atoms with Crippen molar-refractivity contribution in [1.29, 1.82) is 0 Å². The molecule has 0 radical (unpaired) electrons. The zero-order valence-electron chi connectivity index (χ0n) is 7.45. The molecule has 0 amide bonds. The minimum atomic E-state index is -2.96. The lowest BCUT2D eigenvalue weighted by Gasteiger charge is -2.02. The van der Waals surface area contributed by atoms with Gasteiger partial charge in [-0.1, -0.05) is 6.92 Å². The smallest absolute Gasteiger partial charge is 0.153 e. The van der Waals surface area contributed by atoms with Crippen molar-refractivity contribution >= 4 is 9.84 Å². The third-order valence-electron chi connectivity index (χ3n) is 1.32. The van der Waals surface area contributed by atoms with Gasteiger partial charge in [0.2, 0.25) is 0 Å². The van der Waals surface area contributed by atoms with Gasteiger partial charge in [0.25, 0.3) is 0 Å². The van der Waals surface area contributed by atoms with Crippen molar-refractivity contribution in [1.82, 2.24) is 0 Å². The molecule has 0 heterocycles. The third-order valence-corrected chi connectivity index (χ3v) is 2.96. The zero-order chi connectivity index (χ0) is 9.45. The highest BCUT2D eigenvalue weighted by molar-refractivity contribution is 7.91. The van der Waals surface area contributed by atoms with E-state index in [-0.39, 0.29) is 24.7 Å². The summed E-state index contributed by atoms with van der Waals surface area (Å²) in [4.78, 5) is 0. The second-order valence-electron chi connectivity index (χ2n) is 2.55. The van der Waals surface area contributed by atoms with Crippen LogP contribution in [0.4, 0.5) is 0 Å². The number of hydrogen-bond acceptors (Lipinski definition) is 4. The zero-order valence-corrected chi connectivity index (χ0v) is 8.27. The molecule has 5 heteroatoms. The Balaban J connectivity index is 3.48. The lowest BCUT2D eigenvalue weighted by molar-refractivity contribution is 0.149. The molecule has 0 aliphatic carbocycles. The van der Waals surface area contributed by atoms with E-state index in [0.29, 0.717) is 6.61 Å². The van der Waals surface area contributed by atoms with Crippen LogP contribution < -0.4 is 5.73 Å². The minimum absolute atomic E-state index is 0.0580. The lowest BCUT2D eigenvalue weighted by atomic mass is 10.5. The van der Waals surface area contributed by atoms with E-state index in [1.54, 1.807) is 0 Å². The summed E-state index contributed by atoms with van der Waals surface area (Å²) in [5.74, 6) is 0.146. The molecule has 0 saturated carbocycles. The maximum absolute atomic E-state index is 11.0. The predicted molar refractivity (Wildman–Crippen MR) is 48.8 cm³/mol. The summed E-state index contributed by atoms with van der Waals surface area (Å²) in [6.07, 6.45) is 0.914. The molecule has 0 atom stereocenters. The number of ether oxygens (including phenoxy) is 1. The third kappa shape index (κ3) is 6.57. The van der Waals surface area contributed by atoms with Gasteiger partial charge in [0.05, 0.1) is 18.1 Å². The topological polar surface area (TPSA) is 69.4 Å². The first-order valence-electron chi connectivity index (χ1n) is 4.10. The Kier molecular flexibility index (Phi) is 6.32. The Labute approximate surface area is 74.0 Å². The van der Waals surface area contributed by atoms with Gasteiger partial charge in [0.1, 0.15) is 0 Å². The van der Waals surface area contributed by atoms with Gasteiger partial charge in [-0.05, 0) is 6.42 Å². The normalized spacial score (nSPS) is 11.8. The summed E-state index contributed by atoms with van der Waals surface area (Å²) in [5.41, 5.74) is 5.13. The van der Waals surface area contributed by atoms with E-state index in [1.165, 1.54) is 0 Å². The predicted octanol–water partition coefficient (Wildman–Crippen LogP) is -0.213. The lowest BCUT2D eigenvalue weighted by Crippen LogP contribution is -2.21. The molecule has 74 valence electrons. The Hall–Kier alpha value is -0.130. The summed E-state index contributed by atoms with van der Waals surface area (Å²) < 4.78 is 27.1. The molecule has 0 saturated heterocycles. The first-order chi connectivity index (χ1) is 5.62. The van der Waals surface area contributed by atoms with E-state index < -0.39 is 9.84 Å². The molecular weight excluding hydrogens is 178 g/mol. The molecule has 0 aliphatic rings. The fraction of sp³-hybridized carbons (Fsp3) is 1.00. The minimum Gasteiger partial charge on any atom is -0.380 e. The van der Waals surface area contributed by atoms with Crippen LogP contribution in [0, 0.1) is 0 Å². The van der Waals surface area contributed by atoms with E-state index in [1.807, 2.05) is 6.92 Å². The molecule has 2 N–H and O–H groups in total. The summed E-state index contributed by atoms with van der Waals surface area (Å²) in [7, 11) is -2.96. The van der Waals surface area contributed by atoms with Crippen molar-refractivity contribution in [2.45, 2.75) is 13.3 Å². The van der Waals surface area contributed by atoms with E-state index >= 15 is 0 Å². The van der Waals surface area contributed by atoms with Gasteiger partial charge in [-0.25, -0.2) is 8.42 Å². The van der Waals surface area contributed by atoms with Gasteiger partial charge in [-0.15, -0.1) is 0 Å². The van der Waals surface area contributed by atoms with Crippen LogP contribution in [0.3, 0.4) is 0 Å². The first-order valence-corrected chi connectivity index (χ1v) is 5.92. The molecular formula is C7H17NO3S. The molecule has 0 aromatic carbocycles. The van der Waals surface area contributed by atoms with E-state index in [9.17, 15) is 8.42 Å². The Bertz CT molecular complexity index is 189. The monoisotopic (exact) mass is 195 g/mol. The highest BCUT2D eigenvalue weighted by Crippen LogP contribution is 1.90. The van der Waals surface area contributed by atoms with Gasteiger partial charge in [0, 0.05) is 13.2 Å². The highest BCUT2D eigenvalue weighted by atomic mass is 32.2. The van der Waals surface area contributed by atoms with Crippen LogP contribution in [0.5, 0.6) is 0 Å². The van der Waals surface area contributed by atoms with Gasteiger partial charge >= 0.3 is 0 Å². The van der Waals surface area contributed by atoms with Crippen LogP contribution in [-0.4, -0.2) is 39.7 Å². The van der Waals surface area contributed by atoms with Crippen molar-refractivity contribution in [2.75, 3.05) is 31.3 Å².